The first-order valence-corrected chi connectivity index (χ1v) is 6.22. The summed E-state index contributed by atoms with van der Waals surface area (Å²) in [4.78, 5) is 12.2. The van der Waals surface area contributed by atoms with E-state index in [4.69, 9.17) is 4.52 Å². The lowest BCUT2D eigenvalue weighted by Crippen LogP contribution is -2.11. The van der Waals surface area contributed by atoms with Crippen LogP contribution in [0.25, 0.3) is 0 Å². The molecule has 0 fully saturated rings. The van der Waals surface area contributed by atoms with Crippen LogP contribution in [-0.2, 0) is 0 Å². The maximum atomic E-state index is 12.1. The van der Waals surface area contributed by atoms with E-state index in [2.05, 4.69) is 10.5 Å². The van der Waals surface area contributed by atoms with Crippen molar-refractivity contribution >= 4 is 23.4 Å². The number of rotatable bonds is 4. The molecule has 1 N–H and O–H groups in total. The summed E-state index contributed by atoms with van der Waals surface area (Å²) in [6.07, 6.45) is 0. The number of halogens is 2. The average molecular weight is 284 g/mol. The molecule has 100 valence electrons. The maximum Gasteiger partial charge on any atom is 0.288 e. The van der Waals surface area contributed by atoms with Gasteiger partial charge >= 0.3 is 0 Å². The predicted molar refractivity (Wildman–Crippen MR) is 67.5 cm³/mol. The molecule has 0 saturated heterocycles. The molecule has 0 bridgehead atoms. The standard InChI is InChI=1S/C12H10F2N2O2S/c1-7-6-10(16-18-7)11(17)15-8-2-4-9(5-3-8)19-12(13)14/h2-6,12H,1H3,(H,15,17). The van der Waals surface area contributed by atoms with Gasteiger partial charge in [-0.1, -0.05) is 16.9 Å². The van der Waals surface area contributed by atoms with Crippen LogP contribution >= 0.6 is 11.8 Å². The van der Waals surface area contributed by atoms with Crippen molar-refractivity contribution in [3.8, 4) is 0 Å². The third-order valence-electron chi connectivity index (χ3n) is 2.20. The van der Waals surface area contributed by atoms with Gasteiger partial charge in [0.05, 0.1) is 0 Å². The molecule has 7 heteroatoms. The first kappa shape index (κ1) is 13.5. The molecule has 1 aromatic heterocycles. The Bertz CT molecular complexity index is 569. The Kier molecular flexibility index (Phi) is 4.16. The Morgan fingerprint density at radius 3 is 2.58 bits per heavy atom. The Labute approximate surface area is 112 Å². The van der Waals surface area contributed by atoms with Crippen molar-refractivity contribution < 1.29 is 18.1 Å². The zero-order chi connectivity index (χ0) is 13.8. The molecule has 0 atom stereocenters. The van der Waals surface area contributed by atoms with E-state index in [0.717, 1.165) is 0 Å². The maximum absolute atomic E-state index is 12.1. The van der Waals surface area contributed by atoms with Crippen LogP contribution in [0.1, 0.15) is 16.2 Å². The van der Waals surface area contributed by atoms with E-state index >= 15 is 0 Å². The van der Waals surface area contributed by atoms with Gasteiger partial charge in [0.25, 0.3) is 11.7 Å². The number of anilines is 1. The highest BCUT2D eigenvalue weighted by Gasteiger charge is 2.11. The van der Waals surface area contributed by atoms with Crippen LogP contribution < -0.4 is 5.32 Å². The number of aryl methyl sites for hydroxylation is 1. The molecular weight excluding hydrogens is 274 g/mol. The molecule has 0 radical (unpaired) electrons. The summed E-state index contributed by atoms with van der Waals surface area (Å²) in [6.45, 7) is 1.68. The highest BCUT2D eigenvalue weighted by Crippen LogP contribution is 2.26. The van der Waals surface area contributed by atoms with Crippen molar-refractivity contribution in [3.63, 3.8) is 0 Å². The lowest BCUT2D eigenvalue weighted by atomic mass is 10.3. The van der Waals surface area contributed by atoms with Gasteiger partial charge in [0.1, 0.15) is 5.76 Å². The molecule has 0 aliphatic rings. The van der Waals surface area contributed by atoms with Gasteiger partial charge in [-0.15, -0.1) is 0 Å². The quantitative estimate of drug-likeness (QED) is 0.872. The van der Waals surface area contributed by atoms with Gasteiger partial charge in [-0.05, 0) is 31.2 Å². The summed E-state index contributed by atoms with van der Waals surface area (Å²) in [6, 6.07) is 7.64. The molecule has 0 aliphatic carbocycles. The SMILES string of the molecule is Cc1cc(C(=O)Nc2ccc(SC(F)F)cc2)no1. The molecule has 2 rings (SSSR count). The highest BCUT2D eigenvalue weighted by molar-refractivity contribution is 7.99. The second kappa shape index (κ2) is 5.83. The first-order valence-electron chi connectivity index (χ1n) is 5.34. The zero-order valence-electron chi connectivity index (χ0n) is 9.89. The molecular formula is C12H10F2N2O2S. The van der Waals surface area contributed by atoms with Crippen LogP contribution in [-0.4, -0.2) is 16.8 Å². The fourth-order valence-corrected chi connectivity index (χ4v) is 1.89. The third-order valence-corrected chi connectivity index (χ3v) is 2.92. The topological polar surface area (TPSA) is 55.1 Å². The monoisotopic (exact) mass is 284 g/mol. The summed E-state index contributed by atoms with van der Waals surface area (Å²) in [5.74, 6) is -2.33. The molecule has 19 heavy (non-hydrogen) atoms. The van der Waals surface area contributed by atoms with Gasteiger partial charge in [0, 0.05) is 16.6 Å². The van der Waals surface area contributed by atoms with E-state index in [-0.39, 0.29) is 5.69 Å². The van der Waals surface area contributed by atoms with Gasteiger partial charge < -0.3 is 9.84 Å². The summed E-state index contributed by atoms with van der Waals surface area (Å²) < 4.78 is 29.0. The van der Waals surface area contributed by atoms with Crippen LogP contribution in [0.3, 0.4) is 0 Å². The minimum Gasteiger partial charge on any atom is -0.361 e. The zero-order valence-corrected chi connectivity index (χ0v) is 10.7. The lowest BCUT2D eigenvalue weighted by molar-refractivity contribution is 0.101. The molecule has 4 nitrogen and oxygen atoms in total. The van der Waals surface area contributed by atoms with Crippen LogP contribution in [0.5, 0.6) is 0 Å². The van der Waals surface area contributed by atoms with Crippen molar-refractivity contribution in [3.05, 3.63) is 41.8 Å². The number of carbonyl (C=O) groups is 1. The van der Waals surface area contributed by atoms with Crippen LogP contribution in [0, 0.1) is 6.92 Å². The number of alkyl halides is 2. The Hall–Kier alpha value is -1.89. The molecule has 0 spiro atoms. The fourth-order valence-electron chi connectivity index (χ4n) is 1.39. The van der Waals surface area contributed by atoms with Crippen molar-refractivity contribution in [2.24, 2.45) is 0 Å². The van der Waals surface area contributed by atoms with Crippen molar-refractivity contribution in [1.29, 1.82) is 0 Å². The molecule has 1 aromatic carbocycles. The fraction of sp³-hybridized carbons (Fsp3) is 0.167. The largest absolute Gasteiger partial charge is 0.361 e. The van der Waals surface area contributed by atoms with Gasteiger partial charge in [-0.3, -0.25) is 4.79 Å². The summed E-state index contributed by atoms with van der Waals surface area (Å²) in [5, 5.41) is 6.17. The molecule has 0 aliphatic heterocycles. The Morgan fingerprint density at radius 1 is 1.37 bits per heavy atom. The predicted octanol–water partition coefficient (Wildman–Crippen LogP) is 3.55. The Balaban J connectivity index is 2.01. The van der Waals surface area contributed by atoms with Gasteiger partial charge in [-0.25, -0.2) is 0 Å². The lowest BCUT2D eigenvalue weighted by Gasteiger charge is -2.04. The van der Waals surface area contributed by atoms with E-state index in [0.29, 0.717) is 28.1 Å². The Morgan fingerprint density at radius 2 is 2.05 bits per heavy atom. The van der Waals surface area contributed by atoms with Crippen molar-refractivity contribution in [2.45, 2.75) is 17.6 Å². The number of amides is 1. The summed E-state index contributed by atoms with van der Waals surface area (Å²) in [7, 11) is 0. The van der Waals surface area contributed by atoms with E-state index in [1.54, 1.807) is 19.1 Å². The summed E-state index contributed by atoms with van der Waals surface area (Å²) in [5.41, 5.74) is 0.674. The smallest absolute Gasteiger partial charge is 0.288 e. The molecule has 1 amide bonds. The number of hydrogen-bond acceptors (Lipinski definition) is 4. The number of thioether (sulfide) groups is 1. The van der Waals surface area contributed by atoms with Crippen molar-refractivity contribution in [2.75, 3.05) is 5.32 Å². The van der Waals surface area contributed by atoms with Gasteiger partial charge in [0.2, 0.25) is 0 Å². The molecule has 2 aromatic rings. The number of carbonyl (C=O) groups excluding carboxylic acids is 1. The van der Waals surface area contributed by atoms with E-state index in [9.17, 15) is 13.6 Å². The summed E-state index contributed by atoms with van der Waals surface area (Å²) >= 11 is 0.452. The molecule has 1 heterocycles. The van der Waals surface area contributed by atoms with E-state index in [1.807, 2.05) is 0 Å². The number of benzene rings is 1. The second-order valence-corrected chi connectivity index (χ2v) is 4.74. The van der Waals surface area contributed by atoms with Gasteiger partial charge in [0.15, 0.2) is 5.69 Å². The normalized spacial score (nSPS) is 10.7. The number of nitrogens with zero attached hydrogens (tertiary/aromatic N) is 1. The molecule has 0 unspecified atom stereocenters. The van der Waals surface area contributed by atoms with Crippen LogP contribution in [0.4, 0.5) is 14.5 Å². The number of nitrogens with one attached hydrogen (secondary N) is 1. The number of hydrogen-bond donors (Lipinski definition) is 1. The van der Waals surface area contributed by atoms with E-state index < -0.39 is 11.7 Å². The van der Waals surface area contributed by atoms with Crippen molar-refractivity contribution in [1.82, 2.24) is 5.16 Å². The van der Waals surface area contributed by atoms with Crippen LogP contribution in [0.2, 0.25) is 0 Å². The molecule has 0 saturated carbocycles. The third kappa shape index (κ3) is 3.78. The second-order valence-electron chi connectivity index (χ2n) is 3.68. The highest BCUT2D eigenvalue weighted by atomic mass is 32.2. The number of aromatic nitrogens is 1. The van der Waals surface area contributed by atoms with Gasteiger partial charge in [-0.2, -0.15) is 8.78 Å². The minimum absolute atomic E-state index is 0.170. The average Bonchev–Trinajstić information content (AvgIpc) is 2.78. The minimum atomic E-state index is -2.46. The first-order chi connectivity index (χ1) is 9.04. The van der Waals surface area contributed by atoms with E-state index in [1.165, 1.54) is 18.2 Å². The van der Waals surface area contributed by atoms with Crippen LogP contribution in [0.15, 0.2) is 39.8 Å².